The molecule has 0 aliphatic heterocycles. The molecular weight excluding hydrogens is 238 g/mol. The van der Waals surface area contributed by atoms with Crippen molar-refractivity contribution < 1.29 is 9.59 Å². The molecule has 1 aromatic rings. The summed E-state index contributed by atoms with van der Waals surface area (Å²) in [5.74, 6) is 5.02. The Morgan fingerprint density at radius 2 is 2.29 bits per heavy atom. The first-order valence-corrected chi connectivity index (χ1v) is 5.81. The second-order valence-corrected chi connectivity index (χ2v) is 3.97. The fraction of sp³-hybridized carbons (Fsp3) is 0.273. The highest BCUT2D eigenvalue weighted by atomic mass is 32.1. The van der Waals surface area contributed by atoms with Crippen LogP contribution in [0.4, 0.5) is 0 Å². The van der Waals surface area contributed by atoms with Gasteiger partial charge in [-0.1, -0.05) is 11.8 Å². The van der Waals surface area contributed by atoms with Crippen molar-refractivity contribution in [1.29, 1.82) is 0 Å². The van der Waals surface area contributed by atoms with Crippen molar-refractivity contribution in [2.75, 3.05) is 20.1 Å². The summed E-state index contributed by atoms with van der Waals surface area (Å²) >= 11 is 1.37. The third-order valence-corrected chi connectivity index (χ3v) is 2.71. The first-order valence-electron chi connectivity index (χ1n) is 4.93. The zero-order valence-electron chi connectivity index (χ0n) is 9.37. The first kappa shape index (κ1) is 13.2. The number of hydrogen-bond acceptors (Lipinski definition) is 4. The molecule has 1 heterocycles. The van der Waals surface area contributed by atoms with E-state index in [1.54, 1.807) is 11.4 Å². The molecule has 1 rings (SSSR count). The fourth-order valence-electron chi connectivity index (χ4n) is 1.01. The average Bonchev–Trinajstić information content (AvgIpc) is 2.81. The Kier molecular flexibility index (Phi) is 5.20. The smallest absolute Gasteiger partial charge is 0.252 e. The van der Waals surface area contributed by atoms with Gasteiger partial charge in [-0.3, -0.25) is 9.59 Å². The Labute approximate surface area is 103 Å². The normalized spacial score (nSPS) is 9.06. The van der Waals surface area contributed by atoms with Gasteiger partial charge < -0.3 is 16.4 Å². The van der Waals surface area contributed by atoms with Crippen LogP contribution in [0.3, 0.4) is 0 Å². The standard InChI is InChI=1S/C11H13N3O2S/c1-13-10(15)6-14-11(16)8-5-9(17-7-8)3-2-4-12/h5,7H,4,6,12H2,1H3,(H,13,15)(H,14,16). The first-order chi connectivity index (χ1) is 8.17. The second kappa shape index (κ2) is 6.68. The molecule has 0 saturated heterocycles. The van der Waals surface area contributed by atoms with Gasteiger partial charge in [0, 0.05) is 12.4 Å². The number of hydrogen-bond donors (Lipinski definition) is 3. The van der Waals surface area contributed by atoms with Crippen LogP contribution in [0, 0.1) is 11.8 Å². The second-order valence-electron chi connectivity index (χ2n) is 3.06. The lowest BCUT2D eigenvalue weighted by atomic mass is 10.3. The largest absolute Gasteiger partial charge is 0.358 e. The van der Waals surface area contributed by atoms with Gasteiger partial charge >= 0.3 is 0 Å². The molecule has 0 saturated carbocycles. The number of rotatable bonds is 3. The summed E-state index contributed by atoms with van der Waals surface area (Å²) in [6, 6.07) is 1.67. The van der Waals surface area contributed by atoms with Gasteiger partial charge in [0.25, 0.3) is 5.91 Å². The van der Waals surface area contributed by atoms with E-state index < -0.39 is 0 Å². The number of carbonyl (C=O) groups excluding carboxylic acids is 2. The quantitative estimate of drug-likeness (QED) is 0.635. The molecule has 0 radical (unpaired) electrons. The molecule has 90 valence electrons. The van der Waals surface area contributed by atoms with E-state index in [0.29, 0.717) is 5.56 Å². The Hall–Kier alpha value is -1.84. The molecule has 0 spiro atoms. The molecule has 0 aliphatic carbocycles. The third kappa shape index (κ3) is 4.26. The summed E-state index contributed by atoms with van der Waals surface area (Å²) in [6.07, 6.45) is 0. The highest BCUT2D eigenvalue weighted by Gasteiger charge is 2.08. The average molecular weight is 251 g/mol. The van der Waals surface area contributed by atoms with Gasteiger partial charge in [0.2, 0.25) is 5.91 Å². The van der Waals surface area contributed by atoms with Gasteiger partial charge in [-0.2, -0.15) is 0 Å². The zero-order chi connectivity index (χ0) is 12.7. The predicted molar refractivity (Wildman–Crippen MR) is 66.7 cm³/mol. The number of carbonyl (C=O) groups is 2. The van der Waals surface area contributed by atoms with Crippen LogP contribution in [-0.2, 0) is 4.79 Å². The molecule has 0 fully saturated rings. The summed E-state index contributed by atoms with van der Waals surface area (Å²) in [5, 5.41) is 6.61. The lowest BCUT2D eigenvalue weighted by Gasteiger charge is -2.01. The molecule has 17 heavy (non-hydrogen) atoms. The monoisotopic (exact) mass is 251 g/mol. The summed E-state index contributed by atoms with van der Waals surface area (Å²) in [4.78, 5) is 23.3. The van der Waals surface area contributed by atoms with E-state index in [1.807, 2.05) is 0 Å². The molecule has 0 bridgehead atoms. The van der Waals surface area contributed by atoms with Crippen LogP contribution in [0.1, 0.15) is 15.2 Å². The van der Waals surface area contributed by atoms with E-state index in [9.17, 15) is 9.59 Å². The highest BCUT2D eigenvalue weighted by molar-refractivity contribution is 7.10. The molecule has 4 N–H and O–H groups in total. The highest BCUT2D eigenvalue weighted by Crippen LogP contribution is 2.13. The molecule has 2 amide bonds. The van der Waals surface area contributed by atoms with Gasteiger partial charge in [-0.05, 0) is 6.07 Å². The van der Waals surface area contributed by atoms with E-state index in [2.05, 4.69) is 22.5 Å². The van der Waals surface area contributed by atoms with Crippen LogP contribution in [0.5, 0.6) is 0 Å². The minimum atomic E-state index is -0.286. The van der Waals surface area contributed by atoms with Crippen molar-refractivity contribution >= 4 is 23.2 Å². The van der Waals surface area contributed by atoms with Crippen LogP contribution in [-0.4, -0.2) is 32.0 Å². The molecule has 0 aromatic carbocycles. The van der Waals surface area contributed by atoms with Crippen LogP contribution >= 0.6 is 11.3 Å². The van der Waals surface area contributed by atoms with E-state index >= 15 is 0 Å². The molecule has 1 aromatic heterocycles. The van der Waals surface area contributed by atoms with Crippen LogP contribution in [0.15, 0.2) is 11.4 Å². The molecule has 6 heteroatoms. The maximum Gasteiger partial charge on any atom is 0.252 e. The minimum Gasteiger partial charge on any atom is -0.358 e. The van der Waals surface area contributed by atoms with Gasteiger partial charge in [0.15, 0.2) is 0 Å². The topological polar surface area (TPSA) is 84.2 Å². The number of thiophene rings is 1. The molecule has 0 unspecified atom stereocenters. The number of nitrogens with one attached hydrogen (secondary N) is 2. The van der Waals surface area contributed by atoms with Crippen molar-refractivity contribution in [2.24, 2.45) is 5.73 Å². The zero-order valence-corrected chi connectivity index (χ0v) is 10.2. The lowest BCUT2D eigenvalue weighted by molar-refractivity contribution is -0.119. The van der Waals surface area contributed by atoms with Gasteiger partial charge in [0.1, 0.15) is 0 Å². The maximum atomic E-state index is 11.6. The molecule has 0 aliphatic rings. The summed E-state index contributed by atoms with van der Waals surface area (Å²) in [6.45, 7) is 0.255. The van der Waals surface area contributed by atoms with E-state index in [4.69, 9.17) is 5.73 Å². The summed E-state index contributed by atoms with van der Waals surface area (Å²) < 4.78 is 0. The molecule has 5 nitrogen and oxygen atoms in total. The van der Waals surface area contributed by atoms with Gasteiger partial charge in [-0.15, -0.1) is 11.3 Å². The van der Waals surface area contributed by atoms with E-state index in [0.717, 1.165) is 4.88 Å². The van der Waals surface area contributed by atoms with Crippen molar-refractivity contribution in [2.45, 2.75) is 0 Å². The lowest BCUT2D eigenvalue weighted by Crippen LogP contribution is -2.34. The van der Waals surface area contributed by atoms with E-state index in [-0.39, 0.29) is 24.9 Å². The Morgan fingerprint density at radius 1 is 1.53 bits per heavy atom. The molecule has 0 atom stereocenters. The summed E-state index contributed by atoms with van der Waals surface area (Å²) in [7, 11) is 1.51. The number of nitrogens with two attached hydrogens (primary N) is 1. The Morgan fingerprint density at radius 3 is 2.94 bits per heavy atom. The van der Waals surface area contributed by atoms with Gasteiger partial charge in [-0.25, -0.2) is 0 Å². The van der Waals surface area contributed by atoms with Crippen molar-refractivity contribution in [3.05, 3.63) is 21.9 Å². The predicted octanol–water partition coefficient (Wildman–Crippen LogP) is -0.466. The fourth-order valence-corrected chi connectivity index (χ4v) is 1.77. The van der Waals surface area contributed by atoms with Crippen LogP contribution in [0.25, 0.3) is 0 Å². The van der Waals surface area contributed by atoms with Crippen molar-refractivity contribution in [1.82, 2.24) is 10.6 Å². The van der Waals surface area contributed by atoms with E-state index in [1.165, 1.54) is 18.4 Å². The summed E-state index contributed by atoms with van der Waals surface area (Å²) in [5.41, 5.74) is 5.75. The van der Waals surface area contributed by atoms with Crippen molar-refractivity contribution in [3.8, 4) is 11.8 Å². The van der Waals surface area contributed by atoms with Crippen LogP contribution in [0.2, 0.25) is 0 Å². The number of likely N-dealkylation sites (N-methyl/N-ethyl adjacent to an activating group) is 1. The van der Waals surface area contributed by atoms with Crippen molar-refractivity contribution in [3.63, 3.8) is 0 Å². The Bertz CT molecular complexity index is 471. The third-order valence-electron chi connectivity index (χ3n) is 1.86. The minimum absolute atomic E-state index is 0.0327. The Balaban J connectivity index is 2.58. The van der Waals surface area contributed by atoms with Gasteiger partial charge in [0.05, 0.1) is 23.5 Å². The molecular formula is C11H13N3O2S. The van der Waals surface area contributed by atoms with Crippen LogP contribution < -0.4 is 16.4 Å². The SMILES string of the molecule is CNC(=O)CNC(=O)c1csc(C#CCN)c1. The number of amides is 2. The maximum absolute atomic E-state index is 11.6.